The first-order chi connectivity index (χ1) is 10.4. The summed E-state index contributed by atoms with van der Waals surface area (Å²) in [6.45, 7) is 8.08. The van der Waals surface area contributed by atoms with Crippen molar-refractivity contribution >= 4 is 11.7 Å². The Morgan fingerprint density at radius 3 is 2.77 bits per heavy atom. The van der Waals surface area contributed by atoms with Crippen LogP contribution in [0.2, 0.25) is 0 Å². The van der Waals surface area contributed by atoms with Gasteiger partial charge in [0.15, 0.2) is 0 Å². The summed E-state index contributed by atoms with van der Waals surface area (Å²) in [5.41, 5.74) is 1.05. The van der Waals surface area contributed by atoms with Gasteiger partial charge < -0.3 is 10.2 Å². The number of hydrogen-bond donors (Lipinski definition) is 1. The molecule has 0 aliphatic carbocycles. The summed E-state index contributed by atoms with van der Waals surface area (Å²) in [4.78, 5) is 23.2. The van der Waals surface area contributed by atoms with E-state index in [0.717, 1.165) is 43.9 Å². The Balaban J connectivity index is 1.97. The van der Waals surface area contributed by atoms with E-state index in [9.17, 15) is 4.79 Å². The molecule has 0 aromatic carbocycles. The summed E-state index contributed by atoms with van der Waals surface area (Å²) < 4.78 is 0. The minimum atomic E-state index is 0.0498. The van der Waals surface area contributed by atoms with Crippen LogP contribution in [0.3, 0.4) is 0 Å². The van der Waals surface area contributed by atoms with Crippen LogP contribution in [0.25, 0.3) is 0 Å². The second kappa shape index (κ2) is 7.07. The van der Waals surface area contributed by atoms with Crippen molar-refractivity contribution in [3.63, 3.8) is 0 Å². The number of aromatic nitrogens is 2. The number of rotatable bonds is 4. The van der Waals surface area contributed by atoms with Gasteiger partial charge in [0.2, 0.25) is 5.91 Å². The lowest BCUT2D eigenvalue weighted by molar-refractivity contribution is -0.134. The van der Waals surface area contributed by atoms with E-state index in [-0.39, 0.29) is 11.3 Å². The van der Waals surface area contributed by atoms with E-state index < -0.39 is 0 Å². The monoisotopic (exact) mass is 304 g/mol. The van der Waals surface area contributed by atoms with E-state index in [1.54, 1.807) is 12.4 Å². The molecule has 5 nitrogen and oxygen atoms in total. The van der Waals surface area contributed by atoms with Crippen LogP contribution in [0, 0.1) is 11.3 Å². The Bertz CT molecular complexity index is 510. The normalized spacial score (nSPS) is 19.1. The van der Waals surface area contributed by atoms with Crippen LogP contribution in [-0.2, 0) is 11.2 Å². The molecule has 1 saturated heterocycles. The maximum Gasteiger partial charge on any atom is 0.223 e. The first-order valence-electron chi connectivity index (χ1n) is 8.14. The average Bonchev–Trinajstić information content (AvgIpc) is 2.46. The Labute approximate surface area is 133 Å². The van der Waals surface area contributed by atoms with E-state index in [0.29, 0.717) is 12.3 Å². The molecule has 0 saturated carbocycles. The fourth-order valence-corrected chi connectivity index (χ4v) is 3.02. The van der Waals surface area contributed by atoms with Gasteiger partial charge in [0, 0.05) is 39.0 Å². The van der Waals surface area contributed by atoms with Crippen LogP contribution in [0.5, 0.6) is 0 Å². The van der Waals surface area contributed by atoms with Gasteiger partial charge in [0.25, 0.3) is 0 Å². The highest BCUT2D eigenvalue weighted by molar-refractivity contribution is 5.76. The average molecular weight is 304 g/mol. The maximum absolute atomic E-state index is 12.4. The zero-order valence-corrected chi connectivity index (χ0v) is 14.2. The molecule has 0 unspecified atom stereocenters. The largest absolute Gasteiger partial charge is 0.372 e. The zero-order valence-electron chi connectivity index (χ0n) is 14.2. The summed E-state index contributed by atoms with van der Waals surface area (Å²) >= 11 is 0. The van der Waals surface area contributed by atoms with Gasteiger partial charge in [-0.05, 0) is 30.6 Å². The molecule has 122 valence electrons. The van der Waals surface area contributed by atoms with Crippen molar-refractivity contribution in [2.75, 3.05) is 25.5 Å². The van der Waals surface area contributed by atoms with E-state index in [1.165, 1.54) is 0 Å². The van der Waals surface area contributed by atoms with Crippen LogP contribution in [0.15, 0.2) is 12.4 Å². The molecule has 1 fully saturated rings. The fraction of sp³-hybridized carbons (Fsp3) is 0.706. The van der Waals surface area contributed by atoms with Crippen LogP contribution >= 0.6 is 0 Å². The topological polar surface area (TPSA) is 58.1 Å². The number of carbonyl (C=O) groups excluding carboxylic acids is 1. The molecule has 1 atom stereocenters. The molecular weight excluding hydrogens is 276 g/mol. The lowest BCUT2D eigenvalue weighted by atomic mass is 9.89. The summed E-state index contributed by atoms with van der Waals surface area (Å²) in [6.07, 6.45) is 7.17. The molecule has 1 aromatic rings. The van der Waals surface area contributed by atoms with Gasteiger partial charge in [0.1, 0.15) is 5.82 Å². The summed E-state index contributed by atoms with van der Waals surface area (Å²) in [6, 6.07) is 0. The molecular formula is C17H28N4O. The number of carbonyl (C=O) groups is 1. The standard InChI is InChI=1S/C17H28N4O/c1-17(2,3)11-15(22)21-9-5-6-13(12-21)10-14-16(18-4)20-8-7-19-14/h7-8,13H,5-6,9-12H2,1-4H3,(H,18,20)/t13-/m1/s1. The third-order valence-corrected chi connectivity index (χ3v) is 4.05. The van der Waals surface area contributed by atoms with Gasteiger partial charge >= 0.3 is 0 Å². The van der Waals surface area contributed by atoms with Gasteiger partial charge in [-0.2, -0.15) is 0 Å². The lowest BCUT2D eigenvalue weighted by Crippen LogP contribution is -2.41. The van der Waals surface area contributed by atoms with Crippen molar-refractivity contribution in [3.8, 4) is 0 Å². The third-order valence-electron chi connectivity index (χ3n) is 4.05. The van der Waals surface area contributed by atoms with Gasteiger partial charge in [0.05, 0.1) is 5.69 Å². The number of nitrogens with one attached hydrogen (secondary N) is 1. The van der Waals surface area contributed by atoms with E-state index in [1.807, 2.05) is 11.9 Å². The molecule has 0 bridgehead atoms. The van der Waals surface area contributed by atoms with E-state index >= 15 is 0 Å². The molecule has 1 amide bonds. The third kappa shape index (κ3) is 4.68. The molecule has 2 rings (SSSR count). The first kappa shape index (κ1) is 16.7. The molecule has 2 heterocycles. The Hall–Kier alpha value is -1.65. The van der Waals surface area contributed by atoms with Gasteiger partial charge in [-0.15, -0.1) is 0 Å². The summed E-state index contributed by atoms with van der Waals surface area (Å²) in [5.74, 6) is 1.60. The van der Waals surface area contributed by atoms with Gasteiger partial charge in [-0.3, -0.25) is 9.78 Å². The molecule has 1 N–H and O–H groups in total. The quantitative estimate of drug-likeness (QED) is 0.929. The lowest BCUT2D eigenvalue weighted by Gasteiger charge is -2.34. The highest BCUT2D eigenvalue weighted by Gasteiger charge is 2.27. The molecule has 1 aliphatic rings. The van der Waals surface area contributed by atoms with Crippen molar-refractivity contribution < 1.29 is 4.79 Å². The summed E-state index contributed by atoms with van der Waals surface area (Å²) in [7, 11) is 1.87. The molecule has 5 heteroatoms. The number of amides is 1. The van der Waals surface area contributed by atoms with Crippen molar-refractivity contribution in [1.82, 2.24) is 14.9 Å². The van der Waals surface area contributed by atoms with Crippen molar-refractivity contribution in [3.05, 3.63) is 18.1 Å². The predicted octanol–water partition coefficient (Wildman–Crippen LogP) is 2.74. The predicted molar refractivity (Wildman–Crippen MR) is 88.7 cm³/mol. The smallest absolute Gasteiger partial charge is 0.223 e. The highest BCUT2D eigenvalue weighted by Crippen LogP contribution is 2.25. The number of hydrogen-bond acceptors (Lipinski definition) is 4. The molecule has 1 aliphatic heterocycles. The minimum absolute atomic E-state index is 0.0498. The zero-order chi connectivity index (χ0) is 16.2. The fourth-order valence-electron chi connectivity index (χ4n) is 3.02. The molecule has 22 heavy (non-hydrogen) atoms. The first-order valence-corrected chi connectivity index (χ1v) is 8.14. The molecule has 1 aromatic heterocycles. The number of likely N-dealkylation sites (tertiary alicyclic amines) is 1. The highest BCUT2D eigenvalue weighted by atomic mass is 16.2. The maximum atomic E-state index is 12.4. The van der Waals surface area contributed by atoms with Crippen LogP contribution in [0.4, 0.5) is 5.82 Å². The van der Waals surface area contributed by atoms with Crippen LogP contribution < -0.4 is 5.32 Å². The Morgan fingerprint density at radius 1 is 1.36 bits per heavy atom. The molecule has 0 spiro atoms. The van der Waals surface area contributed by atoms with Crippen LogP contribution in [-0.4, -0.2) is 40.9 Å². The van der Waals surface area contributed by atoms with E-state index in [2.05, 4.69) is 36.1 Å². The second-order valence-corrected chi connectivity index (χ2v) is 7.39. The minimum Gasteiger partial charge on any atom is -0.372 e. The van der Waals surface area contributed by atoms with Crippen molar-refractivity contribution in [1.29, 1.82) is 0 Å². The van der Waals surface area contributed by atoms with Gasteiger partial charge in [-0.25, -0.2) is 4.98 Å². The van der Waals surface area contributed by atoms with Gasteiger partial charge in [-0.1, -0.05) is 20.8 Å². The summed E-state index contributed by atoms with van der Waals surface area (Å²) in [5, 5.41) is 3.10. The van der Waals surface area contributed by atoms with Crippen LogP contribution in [0.1, 0.15) is 45.7 Å². The van der Waals surface area contributed by atoms with E-state index in [4.69, 9.17) is 0 Å². The second-order valence-electron chi connectivity index (χ2n) is 7.39. The molecule has 0 radical (unpaired) electrons. The number of nitrogens with zero attached hydrogens (tertiary/aromatic N) is 3. The number of anilines is 1. The van der Waals surface area contributed by atoms with Crippen molar-refractivity contribution in [2.45, 2.75) is 46.5 Å². The Kier molecular flexibility index (Phi) is 5.37. The van der Waals surface area contributed by atoms with Crippen molar-refractivity contribution in [2.24, 2.45) is 11.3 Å². The number of piperidine rings is 1. The Morgan fingerprint density at radius 2 is 2.09 bits per heavy atom. The SMILES string of the molecule is CNc1nccnc1C[C@H]1CCCN(C(=O)CC(C)(C)C)C1.